The number of anilines is 1. The zero-order valence-electron chi connectivity index (χ0n) is 16.6. The third-order valence-corrected chi connectivity index (χ3v) is 5.98. The smallest absolute Gasteiger partial charge is 0.257 e. The maximum atomic E-state index is 13.0. The molecule has 8 heteroatoms. The van der Waals surface area contributed by atoms with Crippen LogP contribution in [0.25, 0.3) is 0 Å². The van der Waals surface area contributed by atoms with Crippen molar-refractivity contribution in [2.45, 2.75) is 45.3 Å². The molecular formula is C20H26N6O2. The molecule has 4 rings (SSSR count). The summed E-state index contributed by atoms with van der Waals surface area (Å²) >= 11 is 0. The number of pyridine rings is 1. The fourth-order valence-corrected chi connectivity index (χ4v) is 4.21. The van der Waals surface area contributed by atoms with Gasteiger partial charge in [-0.2, -0.15) is 5.10 Å². The van der Waals surface area contributed by atoms with Crippen molar-refractivity contribution in [2.75, 3.05) is 25.0 Å². The number of nitrogens with zero attached hydrogens (tertiary/aromatic N) is 5. The van der Waals surface area contributed by atoms with Gasteiger partial charge in [-0.1, -0.05) is 6.92 Å². The molecule has 148 valence electrons. The molecule has 0 unspecified atom stereocenters. The highest BCUT2D eigenvalue weighted by Crippen LogP contribution is 2.35. The number of likely N-dealkylation sites (tertiary alicyclic amines) is 1. The van der Waals surface area contributed by atoms with Crippen LogP contribution in [0.3, 0.4) is 0 Å². The number of aromatic nitrogens is 3. The van der Waals surface area contributed by atoms with Crippen LogP contribution in [0.4, 0.5) is 5.82 Å². The number of piperidine rings is 1. The van der Waals surface area contributed by atoms with Crippen molar-refractivity contribution in [1.29, 1.82) is 0 Å². The van der Waals surface area contributed by atoms with E-state index in [2.05, 4.69) is 27.2 Å². The van der Waals surface area contributed by atoms with Crippen LogP contribution in [-0.2, 0) is 6.54 Å². The monoisotopic (exact) mass is 382 g/mol. The molecule has 0 bridgehead atoms. The molecule has 28 heavy (non-hydrogen) atoms. The standard InChI is InChI=1S/C20H26N6O2/c1-4-10-26-14(2)16(13-22-26)19(28)25-11-7-20(8-12-25)23-18(27)15-6-5-9-21-17(15)24(20)3/h5-6,9,13H,4,7-8,10-12H2,1-3H3,(H,23,27). The first-order chi connectivity index (χ1) is 13.5. The van der Waals surface area contributed by atoms with Crippen LogP contribution in [0.5, 0.6) is 0 Å². The Morgan fingerprint density at radius 2 is 2.07 bits per heavy atom. The third kappa shape index (κ3) is 2.83. The largest absolute Gasteiger partial charge is 0.338 e. The Bertz CT molecular complexity index is 913. The number of carbonyl (C=O) groups is 2. The first kappa shape index (κ1) is 18.5. The molecule has 0 aromatic carbocycles. The maximum Gasteiger partial charge on any atom is 0.257 e. The number of fused-ring (bicyclic) bond motifs is 1. The highest BCUT2D eigenvalue weighted by molar-refractivity contribution is 6.01. The lowest BCUT2D eigenvalue weighted by atomic mass is 9.91. The lowest BCUT2D eigenvalue weighted by molar-refractivity contribution is 0.0607. The summed E-state index contributed by atoms with van der Waals surface area (Å²) in [5.41, 5.74) is 1.66. The van der Waals surface area contributed by atoms with Gasteiger partial charge in [-0.3, -0.25) is 14.3 Å². The quantitative estimate of drug-likeness (QED) is 0.875. The molecule has 1 spiro atoms. The van der Waals surface area contributed by atoms with Crippen LogP contribution < -0.4 is 10.2 Å². The highest BCUT2D eigenvalue weighted by atomic mass is 16.2. The van der Waals surface area contributed by atoms with Gasteiger partial charge in [0, 0.05) is 51.4 Å². The number of rotatable bonds is 3. The van der Waals surface area contributed by atoms with Crippen molar-refractivity contribution in [1.82, 2.24) is 25.0 Å². The second kappa shape index (κ2) is 6.92. The molecule has 0 saturated carbocycles. The Hall–Kier alpha value is -2.90. The lowest BCUT2D eigenvalue weighted by Crippen LogP contribution is -2.67. The van der Waals surface area contributed by atoms with Crippen LogP contribution in [0.2, 0.25) is 0 Å². The van der Waals surface area contributed by atoms with Crippen molar-refractivity contribution < 1.29 is 9.59 Å². The fraction of sp³-hybridized carbons (Fsp3) is 0.500. The van der Waals surface area contributed by atoms with E-state index < -0.39 is 5.66 Å². The minimum Gasteiger partial charge on any atom is -0.338 e. The van der Waals surface area contributed by atoms with Gasteiger partial charge in [0.1, 0.15) is 11.5 Å². The fourth-order valence-electron chi connectivity index (χ4n) is 4.21. The average molecular weight is 382 g/mol. The number of aryl methyl sites for hydroxylation is 1. The predicted molar refractivity (Wildman–Crippen MR) is 105 cm³/mol. The molecule has 4 heterocycles. The number of nitrogens with one attached hydrogen (secondary N) is 1. The van der Waals surface area contributed by atoms with Gasteiger partial charge in [-0.25, -0.2) is 4.98 Å². The molecule has 2 amide bonds. The Balaban J connectivity index is 1.51. The van der Waals surface area contributed by atoms with Crippen molar-refractivity contribution in [3.63, 3.8) is 0 Å². The van der Waals surface area contributed by atoms with Gasteiger partial charge >= 0.3 is 0 Å². The van der Waals surface area contributed by atoms with Crippen LogP contribution >= 0.6 is 0 Å². The minimum absolute atomic E-state index is 0.0121. The SMILES string of the molecule is CCCn1ncc(C(=O)N2CCC3(CC2)NC(=O)c2cccnc2N3C)c1C. The van der Waals surface area contributed by atoms with E-state index in [-0.39, 0.29) is 11.8 Å². The normalized spacial score (nSPS) is 18.2. The first-order valence-electron chi connectivity index (χ1n) is 9.80. The lowest BCUT2D eigenvalue weighted by Gasteiger charge is -2.50. The van der Waals surface area contributed by atoms with E-state index in [0.29, 0.717) is 42.9 Å². The van der Waals surface area contributed by atoms with Gasteiger partial charge < -0.3 is 15.1 Å². The number of hydrogen-bond donors (Lipinski definition) is 1. The van der Waals surface area contributed by atoms with E-state index in [1.54, 1.807) is 24.5 Å². The molecule has 0 radical (unpaired) electrons. The van der Waals surface area contributed by atoms with Gasteiger partial charge in [-0.15, -0.1) is 0 Å². The minimum atomic E-state index is -0.503. The van der Waals surface area contributed by atoms with Crippen molar-refractivity contribution in [3.8, 4) is 0 Å². The number of hydrogen-bond acceptors (Lipinski definition) is 5. The number of amides is 2. The van der Waals surface area contributed by atoms with Crippen LogP contribution in [0.15, 0.2) is 24.5 Å². The van der Waals surface area contributed by atoms with Gasteiger partial charge in [-0.05, 0) is 25.5 Å². The van der Waals surface area contributed by atoms with E-state index in [1.807, 2.05) is 23.6 Å². The predicted octanol–water partition coefficient (Wildman–Crippen LogP) is 1.81. The molecule has 2 aliphatic heterocycles. The summed E-state index contributed by atoms with van der Waals surface area (Å²) in [6.45, 7) is 5.99. The molecular weight excluding hydrogens is 356 g/mol. The van der Waals surface area contributed by atoms with Crippen molar-refractivity contribution in [3.05, 3.63) is 41.3 Å². The zero-order valence-corrected chi connectivity index (χ0v) is 16.6. The second-order valence-electron chi connectivity index (χ2n) is 7.58. The summed E-state index contributed by atoms with van der Waals surface area (Å²) in [7, 11) is 1.96. The van der Waals surface area contributed by atoms with Crippen molar-refractivity contribution >= 4 is 17.6 Å². The molecule has 2 aromatic rings. The second-order valence-corrected chi connectivity index (χ2v) is 7.58. The Morgan fingerprint density at radius 3 is 2.79 bits per heavy atom. The summed E-state index contributed by atoms with van der Waals surface area (Å²) < 4.78 is 1.89. The molecule has 2 aliphatic rings. The maximum absolute atomic E-state index is 13.0. The Kier molecular flexibility index (Phi) is 4.56. The highest BCUT2D eigenvalue weighted by Gasteiger charge is 2.45. The van der Waals surface area contributed by atoms with E-state index in [1.165, 1.54) is 0 Å². The zero-order chi connectivity index (χ0) is 19.9. The average Bonchev–Trinajstić information content (AvgIpc) is 3.07. The molecule has 8 nitrogen and oxygen atoms in total. The van der Waals surface area contributed by atoms with Crippen LogP contribution in [-0.4, -0.2) is 57.3 Å². The van der Waals surface area contributed by atoms with E-state index in [4.69, 9.17) is 0 Å². The Labute approximate surface area is 164 Å². The molecule has 1 N–H and O–H groups in total. The van der Waals surface area contributed by atoms with Gasteiger partial charge in [0.25, 0.3) is 11.8 Å². The third-order valence-electron chi connectivity index (χ3n) is 5.98. The molecule has 0 atom stereocenters. The van der Waals surface area contributed by atoms with E-state index >= 15 is 0 Å². The number of carbonyl (C=O) groups excluding carboxylic acids is 2. The summed E-state index contributed by atoms with van der Waals surface area (Å²) in [5.74, 6) is 0.610. The summed E-state index contributed by atoms with van der Waals surface area (Å²) in [6.07, 6.45) is 5.66. The van der Waals surface area contributed by atoms with E-state index in [0.717, 1.165) is 18.7 Å². The molecule has 0 aliphatic carbocycles. The van der Waals surface area contributed by atoms with E-state index in [9.17, 15) is 9.59 Å². The first-order valence-corrected chi connectivity index (χ1v) is 9.80. The molecule has 1 fully saturated rings. The topological polar surface area (TPSA) is 83.4 Å². The Morgan fingerprint density at radius 1 is 1.32 bits per heavy atom. The molecule has 1 saturated heterocycles. The van der Waals surface area contributed by atoms with Crippen LogP contribution in [0, 0.1) is 6.92 Å². The van der Waals surface area contributed by atoms with Gasteiger partial charge in [0.2, 0.25) is 0 Å². The van der Waals surface area contributed by atoms with Gasteiger partial charge in [0.15, 0.2) is 0 Å². The summed E-state index contributed by atoms with van der Waals surface area (Å²) in [4.78, 5) is 33.9. The van der Waals surface area contributed by atoms with Gasteiger partial charge in [0.05, 0.1) is 17.3 Å². The van der Waals surface area contributed by atoms with Crippen molar-refractivity contribution in [2.24, 2.45) is 0 Å². The van der Waals surface area contributed by atoms with Crippen LogP contribution in [0.1, 0.15) is 52.6 Å². The summed E-state index contributed by atoms with van der Waals surface area (Å²) in [6, 6.07) is 3.56. The summed E-state index contributed by atoms with van der Waals surface area (Å²) in [5, 5.41) is 7.51. The molecule has 2 aromatic heterocycles.